The second kappa shape index (κ2) is 5.50. The molecule has 0 radical (unpaired) electrons. The molecule has 4 N–H and O–H groups in total. The first kappa shape index (κ1) is 12.4. The molecule has 8 nitrogen and oxygen atoms in total. The molecule has 8 heteroatoms. The standard InChI is InChI=1S/C10H15N5O3/c16-8(15-3-1-11-2-4-15)6-12-9(17)7-5-13-10(18)14-7/h5,11H,1-4,6H2,(H,12,17)(H2,13,14,18). The van der Waals surface area contributed by atoms with Gasteiger partial charge >= 0.3 is 5.69 Å². The third kappa shape index (κ3) is 2.98. The van der Waals surface area contributed by atoms with Crippen molar-refractivity contribution in [2.45, 2.75) is 0 Å². The summed E-state index contributed by atoms with van der Waals surface area (Å²) in [5.41, 5.74) is -0.332. The molecule has 1 aromatic rings. The van der Waals surface area contributed by atoms with Gasteiger partial charge in [-0.15, -0.1) is 0 Å². The molecule has 0 spiro atoms. The molecule has 0 saturated carbocycles. The van der Waals surface area contributed by atoms with Crippen LogP contribution >= 0.6 is 0 Å². The molecule has 0 atom stereocenters. The topological polar surface area (TPSA) is 110 Å². The fourth-order valence-corrected chi connectivity index (χ4v) is 1.73. The Balaban J connectivity index is 1.82. The van der Waals surface area contributed by atoms with Crippen molar-refractivity contribution in [1.82, 2.24) is 25.5 Å². The van der Waals surface area contributed by atoms with E-state index in [1.54, 1.807) is 4.90 Å². The van der Waals surface area contributed by atoms with Gasteiger partial charge in [0.15, 0.2) is 0 Å². The first-order chi connectivity index (χ1) is 8.66. The highest BCUT2D eigenvalue weighted by atomic mass is 16.2. The van der Waals surface area contributed by atoms with E-state index in [-0.39, 0.29) is 18.1 Å². The molecule has 2 amide bonds. The van der Waals surface area contributed by atoms with E-state index in [4.69, 9.17) is 0 Å². The van der Waals surface area contributed by atoms with Gasteiger partial charge in [0.05, 0.1) is 6.54 Å². The van der Waals surface area contributed by atoms with Crippen LogP contribution in [0.1, 0.15) is 10.5 Å². The Bertz CT molecular complexity index is 486. The lowest BCUT2D eigenvalue weighted by molar-refractivity contribution is -0.130. The van der Waals surface area contributed by atoms with E-state index in [9.17, 15) is 14.4 Å². The zero-order chi connectivity index (χ0) is 13.0. The van der Waals surface area contributed by atoms with Crippen molar-refractivity contribution < 1.29 is 9.59 Å². The van der Waals surface area contributed by atoms with Crippen molar-refractivity contribution in [3.05, 3.63) is 22.4 Å². The Labute approximate surface area is 103 Å². The maximum absolute atomic E-state index is 11.7. The molecule has 1 aliphatic rings. The molecule has 1 aromatic heterocycles. The summed E-state index contributed by atoms with van der Waals surface area (Å²) in [4.78, 5) is 40.4. The number of amides is 2. The maximum atomic E-state index is 11.7. The van der Waals surface area contributed by atoms with Gasteiger partial charge in [0, 0.05) is 32.4 Å². The molecule has 18 heavy (non-hydrogen) atoms. The molecular weight excluding hydrogens is 238 g/mol. The van der Waals surface area contributed by atoms with E-state index >= 15 is 0 Å². The lowest BCUT2D eigenvalue weighted by Crippen LogP contribution is -2.49. The van der Waals surface area contributed by atoms with Crippen LogP contribution in [-0.2, 0) is 4.79 Å². The summed E-state index contributed by atoms with van der Waals surface area (Å²) in [5, 5.41) is 5.61. The smallest absolute Gasteiger partial charge is 0.323 e. The Kier molecular flexibility index (Phi) is 3.78. The molecule has 1 saturated heterocycles. The third-order valence-electron chi connectivity index (χ3n) is 2.71. The minimum atomic E-state index is -0.475. The van der Waals surface area contributed by atoms with Crippen molar-refractivity contribution in [3.8, 4) is 0 Å². The predicted octanol–water partition coefficient (Wildman–Crippen LogP) is -2.14. The first-order valence-electron chi connectivity index (χ1n) is 5.71. The summed E-state index contributed by atoms with van der Waals surface area (Å²) < 4.78 is 0. The second-order valence-corrected chi connectivity index (χ2v) is 3.97. The minimum absolute atomic E-state index is 0.0634. The van der Waals surface area contributed by atoms with Gasteiger partial charge in [-0.25, -0.2) is 4.79 Å². The number of nitrogens with zero attached hydrogens (tertiary/aromatic N) is 1. The van der Waals surface area contributed by atoms with Crippen LogP contribution in [0.5, 0.6) is 0 Å². The number of aromatic nitrogens is 2. The number of carbonyl (C=O) groups is 2. The van der Waals surface area contributed by atoms with E-state index in [1.165, 1.54) is 6.20 Å². The number of H-pyrrole nitrogens is 2. The van der Waals surface area contributed by atoms with Gasteiger partial charge < -0.3 is 25.5 Å². The van der Waals surface area contributed by atoms with Crippen molar-refractivity contribution in [2.75, 3.05) is 32.7 Å². The highest BCUT2D eigenvalue weighted by molar-refractivity contribution is 5.94. The first-order valence-corrected chi connectivity index (χ1v) is 5.71. The quantitative estimate of drug-likeness (QED) is 0.493. The van der Waals surface area contributed by atoms with E-state index in [0.29, 0.717) is 13.1 Å². The number of rotatable bonds is 3. The largest absolute Gasteiger partial charge is 0.342 e. The fourth-order valence-electron chi connectivity index (χ4n) is 1.73. The van der Waals surface area contributed by atoms with Crippen LogP contribution in [0.3, 0.4) is 0 Å². The molecule has 0 unspecified atom stereocenters. The highest BCUT2D eigenvalue weighted by Gasteiger charge is 2.17. The summed E-state index contributed by atoms with van der Waals surface area (Å²) >= 11 is 0. The number of nitrogens with one attached hydrogen (secondary N) is 4. The lowest BCUT2D eigenvalue weighted by atomic mass is 10.3. The zero-order valence-corrected chi connectivity index (χ0v) is 9.78. The van der Waals surface area contributed by atoms with E-state index < -0.39 is 11.6 Å². The van der Waals surface area contributed by atoms with Crippen LogP contribution in [0.25, 0.3) is 0 Å². The summed E-state index contributed by atoms with van der Waals surface area (Å²) in [6.07, 6.45) is 1.27. The van der Waals surface area contributed by atoms with Gasteiger partial charge in [0.2, 0.25) is 5.91 Å². The molecule has 1 fully saturated rings. The normalized spacial score (nSPS) is 15.4. The average molecular weight is 253 g/mol. The molecule has 1 aliphatic heterocycles. The predicted molar refractivity (Wildman–Crippen MR) is 63.2 cm³/mol. The van der Waals surface area contributed by atoms with Gasteiger partial charge in [-0.3, -0.25) is 9.59 Å². The Morgan fingerprint density at radius 1 is 1.33 bits per heavy atom. The van der Waals surface area contributed by atoms with E-state index in [0.717, 1.165) is 13.1 Å². The van der Waals surface area contributed by atoms with Crippen molar-refractivity contribution in [1.29, 1.82) is 0 Å². The second-order valence-electron chi connectivity index (χ2n) is 3.97. The van der Waals surface area contributed by atoms with Gasteiger partial charge in [0.1, 0.15) is 5.69 Å². The number of piperazine rings is 1. The molecule has 0 aliphatic carbocycles. The highest BCUT2D eigenvalue weighted by Crippen LogP contribution is 1.93. The molecule has 2 rings (SSSR count). The van der Waals surface area contributed by atoms with E-state index in [1.807, 2.05) is 0 Å². The average Bonchev–Trinajstić information content (AvgIpc) is 2.83. The maximum Gasteiger partial charge on any atom is 0.323 e. The molecule has 0 bridgehead atoms. The number of imidazole rings is 1. The van der Waals surface area contributed by atoms with Crippen LogP contribution in [-0.4, -0.2) is 59.4 Å². The van der Waals surface area contributed by atoms with Crippen molar-refractivity contribution in [3.63, 3.8) is 0 Å². The molecule has 98 valence electrons. The Hall–Kier alpha value is -2.09. The van der Waals surface area contributed by atoms with Crippen LogP contribution in [0.4, 0.5) is 0 Å². The van der Waals surface area contributed by atoms with Crippen LogP contribution in [0, 0.1) is 0 Å². The monoisotopic (exact) mass is 253 g/mol. The Morgan fingerprint density at radius 3 is 2.67 bits per heavy atom. The number of carbonyl (C=O) groups excluding carboxylic acids is 2. The third-order valence-corrected chi connectivity index (χ3v) is 2.71. The lowest BCUT2D eigenvalue weighted by Gasteiger charge is -2.27. The minimum Gasteiger partial charge on any atom is -0.342 e. The number of hydrogen-bond acceptors (Lipinski definition) is 4. The van der Waals surface area contributed by atoms with Crippen LogP contribution in [0.15, 0.2) is 11.0 Å². The fraction of sp³-hybridized carbons (Fsp3) is 0.500. The van der Waals surface area contributed by atoms with Gasteiger partial charge in [-0.2, -0.15) is 0 Å². The summed E-state index contributed by atoms with van der Waals surface area (Å²) in [5.74, 6) is -0.598. The summed E-state index contributed by atoms with van der Waals surface area (Å²) in [6.45, 7) is 2.77. The number of hydrogen-bond donors (Lipinski definition) is 4. The SMILES string of the molecule is O=C(NCC(=O)N1CCNCC1)c1c[nH]c(=O)[nH]1. The summed E-state index contributed by atoms with van der Waals surface area (Å²) in [6, 6.07) is 0. The van der Waals surface area contributed by atoms with Gasteiger partial charge in [-0.05, 0) is 0 Å². The van der Waals surface area contributed by atoms with Crippen LogP contribution in [0.2, 0.25) is 0 Å². The van der Waals surface area contributed by atoms with Gasteiger partial charge in [0.25, 0.3) is 5.91 Å². The molecular formula is C10H15N5O3. The Morgan fingerprint density at radius 2 is 2.06 bits per heavy atom. The molecule has 2 heterocycles. The molecule has 0 aromatic carbocycles. The van der Waals surface area contributed by atoms with E-state index in [2.05, 4.69) is 20.6 Å². The zero-order valence-electron chi connectivity index (χ0n) is 9.78. The van der Waals surface area contributed by atoms with Crippen molar-refractivity contribution in [2.24, 2.45) is 0 Å². The number of aromatic amines is 2. The summed E-state index contributed by atoms with van der Waals surface area (Å²) in [7, 11) is 0. The van der Waals surface area contributed by atoms with Crippen LogP contribution < -0.4 is 16.3 Å². The van der Waals surface area contributed by atoms with Gasteiger partial charge in [-0.1, -0.05) is 0 Å². The van der Waals surface area contributed by atoms with Crippen molar-refractivity contribution >= 4 is 11.8 Å².